The average molecular weight is 331 g/mol. The van der Waals surface area contributed by atoms with E-state index in [4.69, 9.17) is 9.72 Å². The fourth-order valence-electron chi connectivity index (χ4n) is 2.67. The first-order chi connectivity index (χ1) is 10.9. The number of hydrogen-bond donors (Lipinski definition) is 0. The second-order valence-corrected chi connectivity index (χ2v) is 8.07. The monoisotopic (exact) mass is 331 g/mol. The fourth-order valence-corrected chi connectivity index (χ4v) is 3.76. The minimum Gasteiger partial charge on any atom is -0.368 e. The van der Waals surface area contributed by atoms with Gasteiger partial charge < -0.3 is 4.74 Å². The number of hydrogen-bond acceptors (Lipinski definition) is 5. The van der Waals surface area contributed by atoms with Crippen molar-refractivity contribution in [1.29, 1.82) is 0 Å². The van der Waals surface area contributed by atoms with Gasteiger partial charge in [0.05, 0.1) is 18.0 Å². The maximum absolute atomic E-state index is 5.97. The van der Waals surface area contributed by atoms with Crippen molar-refractivity contribution in [3.8, 4) is 0 Å². The number of morpholine rings is 1. The molecule has 4 nitrogen and oxygen atoms in total. The molecule has 5 heteroatoms. The van der Waals surface area contributed by atoms with E-state index in [-0.39, 0.29) is 11.5 Å². The van der Waals surface area contributed by atoms with Crippen LogP contribution in [-0.2, 0) is 16.7 Å². The van der Waals surface area contributed by atoms with Crippen LogP contribution in [0.25, 0.3) is 0 Å². The van der Waals surface area contributed by atoms with Gasteiger partial charge in [-0.05, 0) is 18.6 Å². The van der Waals surface area contributed by atoms with Gasteiger partial charge in [0.2, 0.25) is 0 Å². The summed E-state index contributed by atoms with van der Waals surface area (Å²) in [5.74, 6) is 0. The van der Waals surface area contributed by atoms with Crippen LogP contribution < -0.4 is 0 Å². The maximum Gasteiger partial charge on any atom is 0.123 e. The van der Waals surface area contributed by atoms with Gasteiger partial charge >= 0.3 is 0 Å². The zero-order valence-electron chi connectivity index (χ0n) is 14.4. The predicted octanol–water partition coefficient (Wildman–Crippen LogP) is 3.72. The van der Waals surface area contributed by atoms with Gasteiger partial charge in [-0.3, -0.25) is 9.88 Å². The van der Waals surface area contributed by atoms with E-state index in [1.54, 1.807) is 11.3 Å². The number of ether oxygens (including phenoxy) is 1. The van der Waals surface area contributed by atoms with Crippen molar-refractivity contribution >= 4 is 11.3 Å². The second-order valence-electron chi connectivity index (χ2n) is 7.18. The SMILES string of the molecule is Cc1cccnc1CN1CCO[C@@H](c2nc(C(C)(C)C)cs2)C1. The predicted molar refractivity (Wildman–Crippen MR) is 93.8 cm³/mol. The lowest BCUT2D eigenvalue weighted by Gasteiger charge is -2.32. The first-order valence-electron chi connectivity index (χ1n) is 8.14. The second kappa shape index (κ2) is 6.67. The van der Waals surface area contributed by atoms with Gasteiger partial charge in [0.25, 0.3) is 0 Å². The Balaban J connectivity index is 1.69. The zero-order valence-corrected chi connectivity index (χ0v) is 15.2. The van der Waals surface area contributed by atoms with E-state index < -0.39 is 0 Å². The van der Waals surface area contributed by atoms with Gasteiger partial charge in [-0.25, -0.2) is 4.98 Å². The van der Waals surface area contributed by atoms with Crippen LogP contribution in [-0.4, -0.2) is 34.6 Å². The molecule has 0 bridgehead atoms. The van der Waals surface area contributed by atoms with Gasteiger partial charge in [-0.1, -0.05) is 26.8 Å². The molecule has 3 heterocycles. The third-order valence-corrected chi connectivity index (χ3v) is 5.14. The molecule has 0 spiro atoms. The van der Waals surface area contributed by atoms with Crippen LogP contribution in [0.3, 0.4) is 0 Å². The Bertz CT molecular complexity index is 662. The molecule has 2 aromatic rings. The van der Waals surface area contributed by atoms with Crippen LogP contribution in [0.4, 0.5) is 0 Å². The number of rotatable bonds is 3. The summed E-state index contributed by atoms with van der Waals surface area (Å²) in [7, 11) is 0. The van der Waals surface area contributed by atoms with Gasteiger partial charge in [0.1, 0.15) is 11.1 Å². The molecule has 124 valence electrons. The Kier molecular flexibility index (Phi) is 4.80. The lowest BCUT2D eigenvalue weighted by atomic mass is 9.93. The number of aryl methyl sites for hydroxylation is 1. The third-order valence-electron chi connectivity index (χ3n) is 4.21. The fraction of sp³-hybridized carbons (Fsp3) is 0.556. The smallest absolute Gasteiger partial charge is 0.123 e. The number of aromatic nitrogens is 2. The van der Waals surface area contributed by atoms with Crippen molar-refractivity contribution < 1.29 is 4.74 Å². The summed E-state index contributed by atoms with van der Waals surface area (Å²) < 4.78 is 5.97. The van der Waals surface area contributed by atoms with E-state index >= 15 is 0 Å². The van der Waals surface area contributed by atoms with Gasteiger partial charge in [-0.15, -0.1) is 11.3 Å². The molecule has 0 N–H and O–H groups in total. The largest absolute Gasteiger partial charge is 0.368 e. The van der Waals surface area contributed by atoms with Crippen LogP contribution >= 0.6 is 11.3 Å². The van der Waals surface area contributed by atoms with E-state index in [2.05, 4.69) is 49.0 Å². The molecule has 0 radical (unpaired) electrons. The number of pyridine rings is 1. The minimum atomic E-state index is 0.0777. The highest BCUT2D eigenvalue weighted by Crippen LogP contribution is 2.30. The Morgan fingerprint density at radius 3 is 2.91 bits per heavy atom. The molecule has 0 amide bonds. The maximum atomic E-state index is 5.97. The summed E-state index contributed by atoms with van der Waals surface area (Å²) in [4.78, 5) is 11.7. The third kappa shape index (κ3) is 3.97. The normalized spacial score (nSPS) is 19.9. The highest BCUT2D eigenvalue weighted by molar-refractivity contribution is 7.09. The average Bonchev–Trinajstić information content (AvgIpc) is 3.00. The molecule has 0 aromatic carbocycles. The molecule has 1 atom stereocenters. The first kappa shape index (κ1) is 16.6. The van der Waals surface area contributed by atoms with Crippen molar-refractivity contribution in [3.05, 3.63) is 45.7 Å². The lowest BCUT2D eigenvalue weighted by Crippen LogP contribution is -2.38. The van der Waals surface area contributed by atoms with E-state index in [9.17, 15) is 0 Å². The molecule has 0 saturated carbocycles. The summed E-state index contributed by atoms with van der Waals surface area (Å²) in [5.41, 5.74) is 3.65. The Morgan fingerprint density at radius 2 is 2.22 bits per heavy atom. The molecule has 1 fully saturated rings. The van der Waals surface area contributed by atoms with E-state index in [0.717, 1.165) is 42.6 Å². The quantitative estimate of drug-likeness (QED) is 0.859. The minimum absolute atomic E-state index is 0.0777. The van der Waals surface area contributed by atoms with Crippen molar-refractivity contribution in [3.63, 3.8) is 0 Å². The molecule has 3 rings (SSSR count). The Labute approximate surface area is 142 Å². The molecule has 1 aliphatic rings. The number of thiazole rings is 1. The first-order valence-corrected chi connectivity index (χ1v) is 9.02. The van der Waals surface area contributed by atoms with Crippen LogP contribution in [0.5, 0.6) is 0 Å². The zero-order chi connectivity index (χ0) is 16.4. The summed E-state index contributed by atoms with van der Waals surface area (Å²) in [6, 6.07) is 4.11. The molecular weight excluding hydrogens is 306 g/mol. The van der Waals surface area contributed by atoms with Crippen LogP contribution in [0, 0.1) is 6.92 Å². The molecule has 2 aromatic heterocycles. The van der Waals surface area contributed by atoms with Crippen LogP contribution in [0.2, 0.25) is 0 Å². The molecule has 1 aliphatic heterocycles. The molecular formula is C18H25N3OS. The van der Waals surface area contributed by atoms with E-state index in [1.807, 2.05) is 12.3 Å². The molecule has 0 aliphatic carbocycles. The topological polar surface area (TPSA) is 38.2 Å². The van der Waals surface area contributed by atoms with Gasteiger partial charge in [0.15, 0.2) is 0 Å². The van der Waals surface area contributed by atoms with Crippen molar-refractivity contribution in [1.82, 2.24) is 14.9 Å². The van der Waals surface area contributed by atoms with Crippen molar-refractivity contribution in [2.24, 2.45) is 0 Å². The van der Waals surface area contributed by atoms with Crippen molar-refractivity contribution in [2.45, 2.75) is 45.8 Å². The summed E-state index contributed by atoms with van der Waals surface area (Å²) in [6.45, 7) is 12.2. The van der Waals surface area contributed by atoms with Gasteiger partial charge in [0, 0.05) is 36.6 Å². The van der Waals surface area contributed by atoms with E-state index in [1.165, 1.54) is 5.56 Å². The Hall–Kier alpha value is -1.30. The van der Waals surface area contributed by atoms with E-state index in [0.29, 0.717) is 0 Å². The van der Waals surface area contributed by atoms with Crippen molar-refractivity contribution in [2.75, 3.05) is 19.7 Å². The Morgan fingerprint density at radius 1 is 1.39 bits per heavy atom. The highest BCUT2D eigenvalue weighted by atomic mass is 32.1. The molecule has 1 saturated heterocycles. The van der Waals surface area contributed by atoms with Crippen LogP contribution in [0.1, 0.15) is 48.8 Å². The molecule has 23 heavy (non-hydrogen) atoms. The number of nitrogens with zero attached hydrogens (tertiary/aromatic N) is 3. The summed E-state index contributed by atoms with van der Waals surface area (Å²) in [6.07, 6.45) is 1.95. The molecule has 0 unspecified atom stereocenters. The summed E-state index contributed by atoms with van der Waals surface area (Å²) >= 11 is 1.72. The highest BCUT2D eigenvalue weighted by Gasteiger charge is 2.27. The standard InChI is InChI=1S/C18H25N3OS/c1-13-6-5-7-19-14(13)10-21-8-9-22-15(11-21)17-20-16(12-23-17)18(2,3)4/h5-7,12,15H,8-11H2,1-4H3/t15-/m1/s1. The van der Waals surface area contributed by atoms with Gasteiger partial charge in [-0.2, -0.15) is 0 Å². The van der Waals surface area contributed by atoms with Crippen LogP contribution in [0.15, 0.2) is 23.7 Å². The lowest BCUT2D eigenvalue weighted by molar-refractivity contribution is -0.0335. The summed E-state index contributed by atoms with van der Waals surface area (Å²) in [5, 5.41) is 3.26.